The Morgan fingerprint density at radius 1 is 1.15 bits per heavy atom. The van der Waals surface area contributed by atoms with Gasteiger partial charge in [-0.15, -0.1) is 0 Å². The zero-order valence-corrected chi connectivity index (χ0v) is 11.6. The SMILES string of the molecule is CNc1c(CN(C)C=O)cccc1-c1ccccc1F. The van der Waals surface area contributed by atoms with Crippen molar-refractivity contribution in [3.63, 3.8) is 0 Å². The smallest absolute Gasteiger partial charge is 0.209 e. The molecule has 0 radical (unpaired) electrons. The second-order valence-electron chi connectivity index (χ2n) is 4.59. The Bertz CT molecular complexity index is 613. The van der Waals surface area contributed by atoms with E-state index in [0.717, 1.165) is 23.2 Å². The van der Waals surface area contributed by atoms with Crippen molar-refractivity contribution in [3.05, 3.63) is 53.8 Å². The minimum Gasteiger partial charge on any atom is -0.387 e. The summed E-state index contributed by atoms with van der Waals surface area (Å²) in [4.78, 5) is 12.3. The largest absolute Gasteiger partial charge is 0.387 e. The first-order valence-electron chi connectivity index (χ1n) is 6.37. The topological polar surface area (TPSA) is 32.3 Å². The third-order valence-corrected chi connectivity index (χ3v) is 3.16. The van der Waals surface area contributed by atoms with Crippen LogP contribution in [0.1, 0.15) is 5.56 Å². The van der Waals surface area contributed by atoms with Gasteiger partial charge in [-0.1, -0.05) is 36.4 Å². The van der Waals surface area contributed by atoms with Crippen molar-refractivity contribution in [2.45, 2.75) is 6.54 Å². The van der Waals surface area contributed by atoms with E-state index in [1.165, 1.54) is 6.07 Å². The highest BCUT2D eigenvalue weighted by atomic mass is 19.1. The molecular formula is C16H17FN2O. The lowest BCUT2D eigenvalue weighted by Crippen LogP contribution is -2.16. The van der Waals surface area contributed by atoms with Gasteiger partial charge in [-0.05, 0) is 11.6 Å². The van der Waals surface area contributed by atoms with Crippen LogP contribution in [0.2, 0.25) is 0 Å². The number of anilines is 1. The molecule has 0 bridgehead atoms. The first kappa shape index (κ1) is 14.1. The van der Waals surface area contributed by atoms with E-state index in [9.17, 15) is 9.18 Å². The third-order valence-electron chi connectivity index (χ3n) is 3.16. The zero-order valence-electron chi connectivity index (χ0n) is 11.6. The Morgan fingerprint density at radius 2 is 1.85 bits per heavy atom. The Kier molecular flexibility index (Phi) is 4.35. The summed E-state index contributed by atoms with van der Waals surface area (Å²) >= 11 is 0. The molecule has 0 spiro atoms. The molecule has 1 amide bonds. The maximum atomic E-state index is 14.0. The molecule has 0 aliphatic heterocycles. The molecular weight excluding hydrogens is 255 g/mol. The fourth-order valence-corrected chi connectivity index (χ4v) is 2.24. The van der Waals surface area contributed by atoms with Gasteiger partial charge in [0.2, 0.25) is 6.41 Å². The van der Waals surface area contributed by atoms with Crippen LogP contribution in [-0.2, 0) is 11.3 Å². The lowest BCUT2D eigenvalue weighted by atomic mass is 9.99. The molecule has 0 heterocycles. The fourth-order valence-electron chi connectivity index (χ4n) is 2.24. The number of amides is 1. The van der Waals surface area contributed by atoms with Gasteiger partial charge in [0.15, 0.2) is 0 Å². The highest BCUT2D eigenvalue weighted by Gasteiger charge is 2.12. The lowest BCUT2D eigenvalue weighted by Gasteiger charge is -2.18. The van der Waals surface area contributed by atoms with Gasteiger partial charge in [0.1, 0.15) is 5.82 Å². The van der Waals surface area contributed by atoms with Gasteiger partial charge < -0.3 is 10.2 Å². The van der Waals surface area contributed by atoms with E-state index in [0.29, 0.717) is 12.1 Å². The van der Waals surface area contributed by atoms with E-state index in [2.05, 4.69) is 5.32 Å². The molecule has 2 aromatic carbocycles. The average Bonchev–Trinajstić information content (AvgIpc) is 2.47. The third kappa shape index (κ3) is 2.79. The van der Waals surface area contributed by atoms with Crippen molar-refractivity contribution in [1.82, 2.24) is 4.90 Å². The summed E-state index contributed by atoms with van der Waals surface area (Å²) in [5.74, 6) is -0.259. The van der Waals surface area contributed by atoms with Crippen LogP contribution in [-0.4, -0.2) is 25.4 Å². The minimum absolute atomic E-state index is 0.259. The van der Waals surface area contributed by atoms with E-state index in [4.69, 9.17) is 0 Å². The number of hydrogen-bond acceptors (Lipinski definition) is 2. The van der Waals surface area contributed by atoms with Crippen molar-refractivity contribution in [1.29, 1.82) is 0 Å². The monoisotopic (exact) mass is 272 g/mol. The number of nitrogens with zero attached hydrogens (tertiary/aromatic N) is 1. The van der Waals surface area contributed by atoms with Crippen LogP contribution in [0.25, 0.3) is 11.1 Å². The van der Waals surface area contributed by atoms with Crippen LogP contribution < -0.4 is 5.32 Å². The first-order chi connectivity index (χ1) is 9.67. The van der Waals surface area contributed by atoms with Crippen LogP contribution >= 0.6 is 0 Å². The molecule has 2 aromatic rings. The van der Waals surface area contributed by atoms with E-state index in [-0.39, 0.29) is 5.82 Å². The van der Waals surface area contributed by atoms with E-state index >= 15 is 0 Å². The van der Waals surface area contributed by atoms with Gasteiger partial charge in [0, 0.05) is 37.5 Å². The van der Waals surface area contributed by atoms with Gasteiger partial charge in [0.25, 0.3) is 0 Å². The average molecular weight is 272 g/mol. The number of benzene rings is 2. The van der Waals surface area contributed by atoms with Crippen LogP contribution in [0.15, 0.2) is 42.5 Å². The summed E-state index contributed by atoms with van der Waals surface area (Å²) in [6.45, 7) is 0.474. The standard InChI is InChI=1S/C16H17FN2O/c1-18-16-12(10-19(2)11-20)6-5-8-14(16)13-7-3-4-9-15(13)17/h3-9,11,18H,10H2,1-2H3. The number of nitrogens with one attached hydrogen (secondary N) is 1. The Morgan fingerprint density at radius 3 is 2.50 bits per heavy atom. The summed E-state index contributed by atoms with van der Waals surface area (Å²) < 4.78 is 14.0. The molecule has 1 N–H and O–H groups in total. The van der Waals surface area contributed by atoms with Crippen LogP contribution in [0.5, 0.6) is 0 Å². The van der Waals surface area contributed by atoms with Crippen LogP contribution in [0.3, 0.4) is 0 Å². The van der Waals surface area contributed by atoms with Gasteiger partial charge in [0.05, 0.1) is 0 Å². The van der Waals surface area contributed by atoms with E-state index in [1.807, 2.05) is 24.3 Å². The summed E-state index contributed by atoms with van der Waals surface area (Å²) in [6.07, 6.45) is 0.773. The molecule has 3 nitrogen and oxygen atoms in total. The molecule has 2 rings (SSSR count). The summed E-state index contributed by atoms with van der Waals surface area (Å²) in [5, 5.41) is 3.11. The highest BCUT2D eigenvalue weighted by Crippen LogP contribution is 2.32. The molecule has 0 saturated heterocycles. The molecule has 0 aromatic heterocycles. The Balaban J connectivity index is 2.52. The summed E-state index contributed by atoms with van der Waals surface area (Å²) in [5.41, 5.74) is 3.13. The molecule has 4 heteroatoms. The number of carbonyl (C=O) groups is 1. The minimum atomic E-state index is -0.259. The molecule has 0 unspecified atom stereocenters. The molecule has 0 aliphatic carbocycles. The summed E-state index contributed by atoms with van der Waals surface area (Å²) in [7, 11) is 3.51. The first-order valence-corrected chi connectivity index (χ1v) is 6.37. The van der Waals surface area contributed by atoms with Gasteiger partial charge in [-0.2, -0.15) is 0 Å². The van der Waals surface area contributed by atoms with E-state index < -0.39 is 0 Å². The van der Waals surface area contributed by atoms with Crippen molar-refractivity contribution < 1.29 is 9.18 Å². The Hall–Kier alpha value is -2.36. The molecule has 0 saturated carbocycles. The van der Waals surface area contributed by atoms with Crippen molar-refractivity contribution >= 4 is 12.1 Å². The number of halogens is 1. The zero-order chi connectivity index (χ0) is 14.5. The van der Waals surface area contributed by atoms with Crippen LogP contribution in [0, 0.1) is 5.82 Å². The van der Waals surface area contributed by atoms with Crippen LogP contribution in [0.4, 0.5) is 10.1 Å². The number of carbonyl (C=O) groups excluding carboxylic acids is 1. The van der Waals surface area contributed by atoms with E-state index in [1.54, 1.807) is 31.1 Å². The predicted octanol–water partition coefficient (Wildman–Crippen LogP) is 3.12. The summed E-state index contributed by atoms with van der Waals surface area (Å²) in [6, 6.07) is 12.3. The number of hydrogen-bond donors (Lipinski definition) is 1. The molecule has 0 aliphatic rings. The van der Waals surface area contributed by atoms with Crippen molar-refractivity contribution in [3.8, 4) is 11.1 Å². The molecule has 0 fully saturated rings. The molecule has 20 heavy (non-hydrogen) atoms. The van der Waals surface area contributed by atoms with Gasteiger partial charge in [-0.25, -0.2) is 4.39 Å². The maximum absolute atomic E-state index is 14.0. The van der Waals surface area contributed by atoms with Crippen molar-refractivity contribution in [2.75, 3.05) is 19.4 Å². The Labute approximate surface area is 118 Å². The quantitative estimate of drug-likeness (QED) is 0.848. The number of para-hydroxylation sites is 1. The predicted molar refractivity (Wildman–Crippen MR) is 78.9 cm³/mol. The second kappa shape index (κ2) is 6.19. The number of rotatable bonds is 5. The maximum Gasteiger partial charge on any atom is 0.209 e. The molecule has 0 atom stereocenters. The fraction of sp³-hybridized carbons (Fsp3) is 0.188. The van der Waals surface area contributed by atoms with Gasteiger partial charge >= 0.3 is 0 Å². The molecule has 104 valence electrons. The van der Waals surface area contributed by atoms with Gasteiger partial charge in [-0.3, -0.25) is 4.79 Å². The highest BCUT2D eigenvalue weighted by molar-refractivity contribution is 5.80. The second-order valence-corrected chi connectivity index (χ2v) is 4.59. The normalized spacial score (nSPS) is 10.2. The van der Waals surface area contributed by atoms with Crippen molar-refractivity contribution in [2.24, 2.45) is 0 Å². The lowest BCUT2D eigenvalue weighted by molar-refractivity contribution is -0.117.